The number of rotatable bonds is 4. The number of nitrogens with one attached hydrogen (secondary N) is 1. The van der Waals surface area contributed by atoms with E-state index in [9.17, 15) is 8.42 Å². The summed E-state index contributed by atoms with van der Waals surface area (Å²) in [7, 11) is -3.28. The fourth-order valence-corrected chi connectivity index (χ4v) is 1.98. The van der Waals surface area contributed by atoms with Gasteiger partial charge < -0.3 is 0 Å². The third-order valence-electron chi connectivity index (χ3n) is 2.03. The van der Waals surface area contributed by atoms with Crippen molar-refractivity contribution in [3.05, 3.63) is 35.2 Å². The van der Waals surface area contributed by atoms with Crippen LogP contribution in [0, 0.1) is 6.57 Å². The van der Waals surface area contributed by atoms with Crippen molar-refractivity contribution in [2.45, 2.75) is 19.8 Å². The van der Waals surface area contributed by atoms with Crippen molar-refractivity contribution >= 4 is 21.4 Å². The maximum Gasteiger partial charge on any atom is 0.229 e. The molecule has 0 aliphatic rings. The Labute approximate surface area is 96.2 Å². The van der Waals surface area contributed by atoms with Gasteiger partial charge in [-0.15, -0.1) is 0 Å². The minimum atomic E-state index is -3.28. The highest BCUT2D eigenvalue weighted by Crippen LogP contribution is 2.25. The van der Waals surface area contributed by atoms with Crippen molar-refractivity contribution in [1.29, 1.82) is 0 Å². The van der Waals surface area contributed by atoms with Gasteiger partial charge in [-0.05, 0) is 24.1 Å². The molecule has 0 heterocycles. The van der Waals surface area contributed by atoms with Gasteiger partial charge in [-0.1, -0.05) is 19.4 Å². The average molecular weight is 238 g/mol. The van der Waals surface area contributed by atoms with E-state index in [4.69, 9.17) is 6.57 Å². The van der Waals surface area contributed by atoms with Gasteiger partial charge in [0.25, 0.3) is 0 Å². The molecule has 1 N–H and O–H groups in total. The zero-order valence-corrected chi connectivity index (χ0v) is 10.1. The van der Waals surface area contributed by atoms with Crippen LogP contribution in [0.15, 0.2) is 18.2 Å². The second-order valence-electron chi connectivity index (χ2n) is 3.58. The summed E-state index contributed by atoms with van der Waals surface area (Å²) in [6, 6.07) is 5.05. The number of anilines is 1. The first-order valence-electron chi connectivity index (χ1n) is 4.94. The Morgan fingerprint density at radius 3 is 2.62 bits per heavy atom. The summed E-state index contributed by atoms with van der Waals surface area (Å²) in [6.07, 6.45) is 2.88. The van der Waals surface area contributed by atoms with E-state index in [1.165, 1.54) is 0 Å². The first-order chi connectivity index (χ1) is 7.46. The normalized spacial score (nSPS) is 10.8. The zero-order valence-electron chi connectivity index (χ0n) is 9.32. The van der Waals surface area contributed by atoms with Crippen molar-refractivity contribution in [3.8, 4) is 0 Å². The summed E-state index contributed by atoms with van der Waals surface area (Å²) in [4.78, 5) is 3.39. The molecule has 0 saturated heterocycles. The van der Waals surface area contributed by atoms with E-state index in [-0.39, 0.29) is 0 Å². The lowest BCUT2D eigenvalue weighted by molar-refractivity contribution is 0.607. The molecule has 0 aromatic heterocycles. The van der Waals surface area contributed by atoms with Gasteiger partial charge in [0.1, 0.15) is 0 Å². The van der Waals surface area contributed by atoms with Gasteiger partial charge in [0.15, 0.2) is 5.69 Å². The smallest absolute Gasteiger partial charge is 0.229 e. The van der Waals surface area contributed by atoms with Gasteiger partial charge in [-0.3, -0.25) is 4.72 Å². The van der Waals surface area contributed by atoms with Crippen molar-refractivity contribution in [2.24, 2.45) is 0 Å². The molecular weight excluding hydrogens is 224 g/mol. The number of aryl methyl sites for hydroxylation is 1. The monoisotopic (exact) mass is 238 g/mol. The van der Waals surface area contributed by atoms with Gasteiger partial charge in [-0.25, -0.2) is 13.3 Å². The molecule has 4 nitrogen and oxygen atoms in total. The van der Waals surface area contributed by atoms with E-state index < -0.39 is 10.0 Å². The largest absolute Gasteiger partial charge is 0.285 e. The van der Waals surface area contributed by atoms with E-state index in [1.54, 1.807) is 18.2 Å². The van der Waals surface area contributed by atoms with Crippen LogP contribution in [-0.4, -0.2) is 14.7 Å². The van der Waals surface area contributed by atoms with Crippen LogP contribution in [0.1, 0.15) is 18.9 Å². The fourth-order valence-electron chi connectivity index (χ4n) is 1.43. The molecule has 16 heavy (non-hydrogen) atoms. The number of hydrogen-bond acceptors (Lipinski definition) is 2. The lowest BCUT2D eigenvalue weighted by Crippen LogP contribution is -2.09. The van der Waals surface area contributed by atoms with Crippen LogP contribution in [-0.2, 0) is 16.4 Å². The van der Waals surface area contributed by atoms with E-state index in [0.29, 0.717) is 11.4 Å². The zero-order chi connectivity index (χ0) is 12.2. The molecular formula is C11H14N2O2S. The van der Waals surface area contributed by atoms with E-state index >= 15 is 0 Å². The Balaban J connectivity index is 3.05. The SMILES string of the molecule is [C-]#[N+]c1cc(NS(C)(=O)=O)ccc1CCC. The van der Waals surface area contributed by atoms with Crippen molar-refractivity contribution in [3.63, 3.8) is 0 Å². The van der Waals surface area contributed by atoms with E-state index in [1.807, 2.05) is 6.92 Å². The molecule has 1 aromatic rings. The Morgan fingerprint density at radius 2 is 2.12 bits per heavy atom. The van der Waals surface area contributed by atoms with Crippen molar-refractivity contribution in [2.75, 3.05) is 11.0 Å². The van der Waals surface area contributed by atoms with Crippen LogP contribution in [0.25, 0.3) is 4.85 Å². The molecule has 1 aromatic carbocycles. The molecule has 0 fully saturated rings. The van der Waals surface area contributed by atoms with Crippen molar-refractivity contribution < 1.29 is 8.42 Å². The molecule has 0 aliphatic heterocycles. The Kier molecular flexibility index (Phi) is 3.91. The van der Waals surface area contributed by atoms with Crippen LogP contribution in [0.2, 0.25) is 0 Å². The summed E-state index contributed by atoms with van der Waals surface area (Å²) in [5.41, 5.74) is 1.90. The van der Waals surface area contributed by atoms with Crippen LogP contribution in [0.5, 0.6) is 0 Å². The second-order valence-corrected chi connectivity index (χ2v) is 5.33. The minimum Gasteiger partial charge on any atom is -0.285 e. The predicted octanol–water partition coefficient (Wildman–Crippen LogP) is 2.56. The molecule has 0 amide bonds. The van der Waals surface area contributed by atoms with Gasteiger partial charge in [0.05, 0.1) is 12.8 Å². The molecule has 0 aliphatic carbocycles. The summed E-state index contributed by atoms with van der Waals surface area (Å²) >= 11 is 0. The van der Waals surface area contributed by atoms with Gasteiger partial charge in [0.2, 0.25) is 10.0 Å². The third kappa shape index (κ3) is 3.55. The molecule has 0 bridgehead atoms. The average Bonchev–Trinajstić information content (AvgIpc) is 2.18. The van der Waals surface area contributed by atoms with Crippen LogP contribution in [0.4, 0.5) is 11.4 Å². The lowest BCUT2D eigenvalue weighted by atomic mass is 10.1. The fraction of sp³-hybridized carbons (Fsp3) is 0.364. The molecule has 1 rings (SSSR count). The summed E-state index contributed by atoms with van der Waals surface area (Å²) in [5, 5.41) is 0. The molecule has 0 spiro atoms. The van der Waals surface area contributed by atoms with E-state index in [0.717, 1.165) is 24.7 Å². The highest BCUT2D eigenvalue weighted by atomic mass is 32.2. The van der Waals surface area contributed by atoms with Crippen LogP contribution < -0.4 is 4.72 Å². The summed E-state index contributed by atoms with van der Waals surface area (Å²) in [5.74, 6) is 0. The topological polar surface area (TPSA) is 50.5 Å². The highest BCUT2D eigenvalue weighted by Gasteiger charge is 2.06. The Morgan fingerprint density at radius 1 is 1.44 bits per heavy atom. The first-order valence-corrected chi connectivity index (χ1v) is 6.83. The number of hydrogen-bond donors (Lipinski definition) is 1. The van der Waals surface area contributed by atoms with Gasteiger partial charge in [-0.2, -0.15) is 0 Å². The number of benzene rings is 1. The molecule has 0 radical (unpaired) electrons. The maximum absolute atomic E-state index is 11.0. The van der Waals surface area contributed by atoms with Crippen LogP contribution >= 0.6 is 0 Å². The molecule has 5 heteroatoms. The molecule has 0 atom stereocenters. The van der Waals surface area contributed by atoms with Gasteiger partial charge in [0, 0.05) is 5.69 Å². The Hall–Kier alpha value is -1.54. The number of sulfonamides is 1. The minimum absolute atomic E-state index is 0.438. The Bertz CT molecular complexity index is 515. The molecule has 86 valence electrons. The van der Waals surface area contributed by atoms with Crippen LogP contribution in [0.3, 0.4) is 0 Å². The summed E-state index contributed by atoms with van der Waals surface area (Å²) in [6.45, 7) is 9.08. The standard InChI is InChI=1S/C11H14N2O2S/c1-4-5-9-6-7-10(8-11(9)12-2)13-16(3,14)15/h6-8,13H,4-5H2,1,3H3. The van der Waals surface area contributed by atoms with E-state index in [2.05, 4.69) is 9.57 Å². The first kappa shape index (κ1) is 12.5. The van der Waals surface area contributed by atoms with Gasteiger partial charge >= 0.3 is 0 Å². The molecule has 0 saturated carbocycles. The third-order valence-corrected chi connectivity index (χ3v) is 2.63. The maximum atomic E-state index is 11.0. The van der Waals surface area contributed by atoms with Crippen molar-refractivity contribution in [1.82, 2.24) is 0 Å². The highest BCUT2D eigenvalue weighted by molar-refractivity contribution is 7.92. The lowest BCUT2D eigenvalue weighted by Gasteiger charge is -2.07. The molecule has 0 unspecified atom stereocenters. The number of nitrogens with zero attached hydrogens (tertiary/aromatic N) is 1. The quantitative estimate of drug-likeness (QED) is 0.819. The summed E-state index contributed by atoms with van der Waals surface area (Å²) < 4.78 is 24.4. The second kappa shape index (κ2) is 4.99. The predicted molar refractivity (Wildman–Crippen MR) is 65.2 cm³/mol.